The highest BCUT2D eigenvalue weighted by molar-refractivity contribution is 5.66. The maximum Gasteiger partial charge on any atom is 0.304 e. The van der Waals surface area contributed by atoms with Gasteiger partial charge in [0.15, 0.2) is 6.10 Å². The first-order valence-corrected chi connectivity index (χ1v) is 6.57. The van der Waals surface area contributed by atoms with Crippen LogP contribution in [-0.4, -0.2) is 56.8 Å². The quantitative estimate of drug-likeness (QED) is 0.455. The van der Waals surface area contributed by atoms with E-state index >= 15 is 0 Å². The van der Waals surface area contributed by atoms with E-state index in [2.05, 4.69) is 9.97 Å². The Morgan fingerprint density at radius 1 is 1.73 bits per heavy atom. The van der Waals surface area contributed by atoms with Crippen molar-refractivity contribution in [1.29, 1.82) is 0 Å². The third-order valence-electron chi connectivity index (χ3n) is 3.73. The number of aliphatic hydroxyl groups is 2. The van der Waals surface area contributed by atoms with Gasteiger partial charge in [-0.25, -0.2) is 4.57 Å². The molecule has 2 aromatic heterocycles. The third kappa shape index (κ3) is 2.08. The molecule has 0 saturated carbocycles. The molecule has 22 heavy (non-hydrogen) atoms. The Bertz CT molecular complexity index is 790. The Morgan fingerprint density at radius 3 is 3.09 bits per heavy atom. The highest BCUT2D eigenvalue weighted by Crippen LogP contribution is 2.32. The molecule has 0 bridgehead atoms. The van der Waals surface area contributed by atoms with Crippen LogP contribution >= 0.6 is 0 Å². The Hall–Kier alpha value is -2.01. The van der Waals surface area contributed by atoms with Crippen molar-refractivity contribution in [1.82, 2.24) is 14.5 Å². The summed E-state index contributed by atoms with van der Waals surface area (Å²) in [6, 6.07) is 0. The summed E-state index contributed by atoms with van der Waals surface area (Å²) in [6.07, 6.45) is -2.53. The summed E-state index contributed by atoms with van der Waals surface area (Å²) in [4.78, 5) is 18.5. The van der Waals surface area contributed by atoms with Crippen LogP contribution in [0.1, 0.15) is 7.60 Å². The first-order valence-electron chi connectivity index (χ1n) is 7.15. The summed E-state index contributed by atoms with van der Waals surface area (Å²) >= 11 is 0. The minimum atomic E-state index is -1.63. The summed E-state index contributed by atoms with van der Waals surface area (Å²) in [5.74, 6) is -0.0629. The van der Waals surface area contributed by atoms with E-state index in [4.69, 9.17) is 16.6 Å². The molecule has 2 aromatic rings. The van der Waals surface area contributed by atoms with Gasteiger partial charge in [0.25, 0.3) is 11.2 Å². The molecular formula is C12H18N5O5+. The number of fused-ring (bicyclic) bond motifs is 1. The maximum absolute atomic E-state index is 12.0. The largest absolute Gasteiger partial charge is 0.394 e. The van der Waals surface area contributed by atoms with E-state index in [-0.39, 0.29) is 17.1 Å². The van der Waals surface area contributed by atoms with Crippen LogP contribution in [0.3, 0.4) is 0 Å². The minimum Gasteiger partial charge on any atom is -0.394 e. The molecule has 1 fully saturated rings. The van der Waals surface area contributed by atoms with E-state index in [1.807, 2.05) is 0 Å². The standard InChI is InChI=1S/C12H17N5O5/c1-16-4-17(9-6(16)10(20)15-12(13)14-9)11-8(21-2)7(19)5(3-18)22-11/h4-5,7-8,11,18-19H,3H2,1-2H3,(H2-,13,14,15,20)/p+1/t5-,7-,8-,11-/m1/s1/i3D/t3?,5-,7-,8-,11-. The summed E-state index contributed by atoms with van der Waals surface area (Å²) < 4.78 is 21.2. The predicted octanol–water partition coefficient (Wildman–Crippen LogP) is -2.60. The lowest BCUT2D eigenvalue weighted by Gasteiger charge is -2.15. The molecule has 0 radical (unpaired) electrons. The Balaban J connectivity index is 2.15. The number of hydrogen-bond acceptors (Lipinski definition) is 7. The number of nitrogens with zero attached hydrogens (tertiary/aromatic N) is 3. The Morgan fingerprint density at radius 2 is 2.45 bits per heavy atom. The van der Waals surface area contributed by atoms with E-state index < -0.39 is 36.7 Å². The molecular weight excluding hydrogens is 294 g/mol. The zero-order valence-corrected chi connectivity index (χ0v) is 12.0. The first-order chi connectivity index (χ1) is 10.8. The molecule has 0 aromatic carbocycles. The number of aryl methyl sites for hydroxylation is 1. The highest BCUT2D eigenvalue weighted by Gasteiger charge is 2.48. The molecule has 0 aliphatic carbocycles. The SMILES string of the molecule is [2H]C(O)[C@H]1O[C@@H](n2c[n+](C)c3c(=O)[nH]c(N)nc32)[C@H](OC)[C@@H]1O. The van der Waals surface area contributed by atoms with Crippen LogP contribution in [0.2, 0.25) is 0 Å². The summed E-state index contributed by atoms with van der Waals surface area (Å²) in [7, 11) is 3.03. The van der Waals surface area contributed by atoms with E-state index in [1.54, 1.807) is 13.4 Å². The van der Waals surface area contributed by atoms with Crippen LogP contribution < -0.4 is 15.9 Å². The van der Waals surface area contributed by atoms with Crippen molar-refractivity contribution >= 4 is 17.1 Å². The van der Waals surface area contributed by atoms with Crippen molar-refractivity contribution in [3.05, 3.63) is 16.7 Å². The molecule has 1 aliphatic rings. The molecule has 3 rings (SSSR count). The van der Waals surface area contributed by atoms with Crippen molar-refractivity contribution in [2.75, 3.05) is 19.4 Å². The van der Waals surface area contributed by atoms with Crippen molar-refractivity contribution in [3.63, 3.8) is 0 Å². The number of nitrogen functional groups attached to an aromatic ring is 1. The van der Waals surface area contributed by atoms with E-state index in [9.17, 15) is 15.0 Å². The number of aliphatic hydroxyl groups excluding tert-OH is 2. The topological polar surface area (TPSA) is 140 Å². The highest BCUT2D eigenvalue weighted by atomic mass is 16.6. The number of nitrogens with two attached hydrogens (primary N) is 1. The zero-order chi connectivity index (χ0) is 16.9. The van der Waals surface area contributed by atoms with Crippen LogP contribution in [0.4, 0.5) is 5.95 Å². The van der Waals surface area contributed by atoms with Crippen molar-refractivity contribution < 1.29 is 25.6 Å². The van der Waals surface area contributed by atoms with Gasteiger partial charge in [0.1, 0.15) is 12.2 Å². The molecule has 1 unspecified atom stereocenters. The Kier molecular flexibility index (Phi) is 3.30. The molecule has 5 N–H and O–H groups in total. The summed E-state index contributed by atoms with van der Waals surface area (Å²) in [6.45, 7) is -1.63. The van der Waals surface area contributed by atoms with E-state index in [0.29, 0.717) is 0 Å². The third-order valence-corrected chi connectivity index (χ3v) is 3.73. The predicted molar refractivity (Wildman–Crippen MR) is 73.7 cm³/mol. The number of methoxy groups -OCH3 is 1. The summed E-state index contributed by atoms with van der Waals surface area (Å²) in [5.41, 5.74) is 5.68. The number of aromatic amines is 1. The number of ether oxygens (including phenoxy) is 2. The van der Waals surface area contributed by atoms with Crippen LogP contribution in [-0.2, 0) is 16.5 Å². The lowest BCUT2D eigenvalue weighted by atomic mass is 10.1. The number of hydrogen-bond donors (Lipinski definition) is 4. The molecule has 5 atom stereocenters. The van der Waals surface area contributed by atoms with Gasteiger partial charge in [0.05, 0.1) is 15.0 Å². The molecule has 3 heterocycles. The van der Waals surface area contributed by atoms with Gasteiger partial charge in [-0.2, -0.15) is 9.55 Å². The normalized spacial score (nSPS) is 30.6. The molecule has 1 saturated heterocycles. The second kappa shape index (κ2) is 5.32. The second-order valence-corrected chi connectivity index (χ2v) is 5.09. The van der Waals surface area contributed by atoms with Gasteiger partial charge in [-0.3, -0.25) is 9.78 Å². The van der Waals surface area contributed by atoms with Crippen molar-refractivity contribution in [3.8, 4) is 0 Å². The molecule has 1 aliphatic heterocycles. The number of H-pyrrole nitrogens is 1. The van der Waals surface area contributed by atoms with Gasteiger partial charge in [-0.1, -0.05) is 0 Å². The molecule has 0 amide bonds. The molecule has 120 valence electrons. The molecule has 10 nitrogen and oxygen atoms in total. The van der Waals surface area contributed by atoms with E-state index in [0.717, 1.165) is 0 Å². The van der Waals surface area contributed by atoms with Crippen LogP contribution in [0, 0.1) is 0 Å². The average molecular weight is 313 g/mol. The number of rotatable bonds is 3. The van der Waals surface area contributed by atoms with Gasteiger partial charge in [0.2, 0.25) is 18.5 Å². The van der Waals surface area contributed by atoms with Crippen LogP contribution in [0.5, 0.6) is 0 Å². The average Bonchev–Trinajstić information content (AvgIpc) is 2.96. The Labute approximate surface area is 126 Å². The van der Waals surface area contributed by atoms with Crippen molar-refractivity contribution in [2.45, 2.75) is 24.5 Å². The number of anilines is 1. The lowest BCUT2D eigenvalue weighted by molar-refractivity contribution is -0.646. The van der Waals surface area contributed by atoms with Gasteiger partial charge in [0, 0.05) is 7.11 Å². The summed E-state index contributed by atoms with van der Waals surface area (Å²) in [5, 5.41) is 19.6. The maximum atomic E-state index is 12.0. The fraction of sp³-hybridized carbons (Fsp3) is 0.583. The fourth-order valence-electron chi connectivity index (χ4n) is 2.73. The lowest BCUT2D eigenvalue weighted by Crippen LogP contribution is -2.35. The first kappa shape index (κ1) is 13.6. The molecule has 0 spiro atoms. The van der Waals surface area contributed by atoms with Crippen LogP contribution in [0.15, 0.2) is 11.1 Å². The van der Waals surface area contributed by atoms with Gasteiger partial charge >= 0.3 is 5.56 Å². The number of nitrogens with one attached hydrogen (secondary N) is 1. The number of aromatic nitrogens is 4. The van der Waals surface area contributed by atoms with E-state index in [1.165, 1.54) is 16.2 Å². The van der Waals surface area contributed by atoms with Gasteiger partial charge in [-0.15, -0.1) is 0 Å². The van der Waals surface area contributed by atoms with Crippen LogP contribution in [0.25, 0.3) is 11.2 Å². The smallest absolute Gasteiger partial charge is 0.304 e. The number of imidazole rings is 1. The second-order valence-electron chi connectivity index (χ2n) is 5.09. The van der Waals surface area contributed by atoms with Gasteiger partial charge < -0.3 is 25.4 Å². The monoisotopic (exact) mass is 313 g/mol. The zero-order valence-electron chi connectivity index (χ0n) is 13.0. The minimum absolute atomic E-state index is 0.0629. The molecule has 10 heteroatoms. The van der Waals surface area contributed by atoms with Gasteiger partial charge in [-0.05, 0) is 0 Å². The van der Waals surface area contributed by atoms with Crippen molar-refractivity contribution in [2.24, 2.45) is 7.05 Å². The fourth-order valence-corrected chi connectivity index (χ4v) is 2.73.